The van der Waals surface area contributed by atoms with Gasteiger partial charge >= 0.3 is 0 Å². The second-order valence-corrected chi connectivity index (χ2v) is 12.9. The van der Waals surface area contributed by atoms with Crippen LogP contribution in [0.5, 0.6) is 5.75 Å². The zero-order valence-corrected chi connectivity index (χ0v) is 24.8. The van der Waals surface area contributed by atoms with Gasteiger partial charge in [-0.05, 0) is 56.2 Å². The first kappa shape index (κ1) is 30.5. The van der Waals surface area contributed by atoms with E-state index in [4.69, 9.17) is 23.2 Å². The predicted octanol–water partition coefficient (Wildman–Crippen LogP) is 5.29. The Labute approximate surface area is 257 Å². The van der Waals surface area contributed by atoms with Gasteiger partial charge in [-0.3, -0.25) is 24.1 Å². The van der Waals surface area contributed by atoms with Gasteiger partial charge in [0.25, 0.3) is 11.8 Å². The summed E-state index contributed by atoms with van der Waals surface area (Å²) in [5.74, 6) is -20.5. The molecule has 44 heavy (non-hydrogen) atoms. The number of imide groups is 2. The number of hydrogen-bond acceptors (Lipinski definition) is 5. The van der Waals surface area contributed by atoms with Crippen LogP contribution < -0.4 is 4.90 Å². The van der Waals surface area contributed by atoms with Crippen LogP contribution in [0.1, 0.15) is 42.4 Å². The van der Waals surface area contributed by atoms with Crippen LogP contribution in [-0.2, 0) is 19.2 Å². The number of phenolic OH excluding ortho intramolecular Hbond substituents is 1. The van der Waals surface area contributed by atoms with Crippen molar-refractivity contribution in [3.8, 4) is 5.75 Å². The normalized spacial score (nSPS) is 31.4. The molecule has 14 heteroatoms. The Morgan fingerprint density at radius 3 is 1.95 bits per heavy atom. The number of likely N-dealkylation sites (tertiary alicyclic amines) is 1. The number of anilines is 1. The molecule has 0 spiro atoms. The van der Waals surface area contributed by atoms with Crippen LogP contribution in [0, 0.1) is 60.7 Å². The highest BCUT2D eigenvalue weighted by atomic mass is 35.5. The number of nitrogens with zero attached hydrogens (tertiary/aromatic N) is 2. The van der Waals surface area contributed by atoms with E-state index in [0.29, 0.717) is 16.7 Å². The summed E-state index contributed by atoms with van der Waals surface area (Å²) in [5, 5.41) is 10.5. The average Bonchev–Trinajstić information content (AvgIpc) is 3.31. The van der Waals surface area contributed by atoms with E-state index in [0.717, 1.165) is 4.90 Å². The van der Waals surface area contributed by atoms with E-state index in [9.17, 15) is 37.5 Å². The SMILES string of the molecule is CCN1C(=O)C2CC=C3C(CC4(Cl)C(=O)N(c5c(F)c(F)c(F)c(F)c5F)C(=O)C4(Cl)C3c3cc(C)c(O)c(C)c3)C2C1=O. The summed E-state index contributed by atoms with van der Waals surface area (Å²) < 4.78 is 72.6. The number of halogens is 7. The van der Waals surface area contributed by atoms with Gasteiger partial charge in [0, 0.05) is 12.5 Å². The Hall–Kier alpha value is -3.51. The largest absolute Gasteiger partial charge is 0.507 e. The zero-order valence-electron chi connectivity index (χ0n) is 23.3. The molecule has 6 atom stereocenters. The van der Waals surface area contributed by atoms with E-state index in [1.165, 1.54) is 12.1 Å². The Bertz CT molecular complexity index is 1720. The predicted molar refractivity (Wildman–Crippen MR) is 146 cm³/mol. The van der Waals surface area contributed by atoms with E-state index in [1.807, 2.05) is 0 Å². The smallest absolute Gasteiger partial charge is 0.258 e. The van der Waals surface area contributed by atoms with E-state index >= 15 is 8.78 Å². The molecule has 2 aromatic rings. The number of amides is 4. The van der Waals surface area contributed by atoms with Crippen molar-refractivity contribution in [2.24, 2.45) is 17.8 Å². The van der Waals surface area contributed by atoms with Crippen LogP contribution in [0.4, 0.5) is 27.6 Å². The van der Waals surface area contributed by atoms with Gasteiger partial charge in [0.1, 0.15) is 11.4 Å². The second-order valence-electron chi connectivity index (χ2n) is 11.6. The first-order valence-corrected chi connectivity index (χ1v) is 14.4. The summed E-state index contributed by atoms with van der Waals surface area (Å²) in [5.41, 5.74) is -0.593. The summed E-state index contributed by atoms with van der Waals surface area (Å²) in [4.78, 5) is 50.6. The van der Waals surface area contributed by atoms with Crippen molar-refractivity contribution in [2.75, 3.05) is 11.4 Å². The summed E-state index contributed by atoms with van der Waals surface area (Å²) in [6, 6.07) is 2.92. The molecule has 2 aliphatic heterocycles. The van der Waals surface area contributed by atoms with Gasteiger partial charge in [0.05, 0.1) is 11.8 Å². The highest BCUT2D eigenvalue weighted by Gasteiger charge is 2.77. The lowest BCUT2D eigenvalue weighted by atomic mass is 9.56. The molecule has 4 amide bonds. The van der Waals surface area contributed by atoms with Crippen LogP contribution in [0.15, 0.2) is 23.8 Å². The second kappa shape index (κ2) is 9.74. The monoisotopic (exact) mass is 656 g/mol. The van der Waals surface area contributed by atoms with Gasteiger partial charge in [0.2, 0.25) is 17.6 Å². The van der Waals surface area contributed by atoms with Gasteiger partial charge in [-0.15, -0.1) is 23.2 Å². The lowest BCUT2D eigenvalue weighted by Gasteiger charge is -2.50. The summed E-state index contributed by atoms with van der Waals surface area (Å²) in [7, 11) is 0. The number of fused-ring (bicyclic) bond motifs is 4. The maximum absolute atomic E-state index is 15.1. The Morgan fingerprint density at radius 1 is 0.864 bits per heavy atom. The molecule has 1 saturated carbocycles. The minimum absolute atomic E-state index is 0.0653. The molecule has 6 rings (SSSR count). The summed E-state index contributed by atoms with van der Waals surface area (Å²) in [6.07, 6.45) is 1.12. The molecule has 2 aliphatic carbocycles. The van der Waals surface area contributed by atoms with Crippen LogP contribution in [0.3, 0.4) is 0 Å². The number of allylic oxidation sites excluding steroid dienone is 2. The van der Waals surface area contributed by atoms with Gasteiger partial charge in [-0.2, -0.15) is 0 Å². The first-order valence-electron chi connectivity index (χ1n) is 13.7. The van der Waals surface area contributed by atoms with Crippen molar-refractivity contribution in [2.45, 2.75) is 49.3 Å². The first-order chi connectivity index (χ1) is 20.5. The van der Waals surface area contributed by atoms with Gasteiger partial charge in [0.15, 0.2) is 33.0 Å². The molecule has 6 unspecified atom stereocenters. The van der Waals surface area contributed by atoms with Crippen LogP contribution >= 0.6 is 23.2 Å². The number of carbonyl (C=O) groups is 4. The molecule has 0 radical (unpaired) electrons. The molecule has 0 bridgehead atoms. The quantitative estimate of drug-likeness (QED) is 0.121. The minimum atomic E-state index is -2.60. The Morgan fingerprint density at radius 2 is 1.41 bits per heavy atom. The van der Waals surface area contributed by atoms with E-state index in [1.54, 1.807) is 26.8 Å². The fourth-order valence-corrected chi connectivity index (χ4v) is 8.41. The Kier molecular flexibility index (Phi) is 6.76. The molecule has 1 N–H and O–H groups in total. The zero-order chi connectivity index (χ0) is 32.4. The number of aryl methyl sites for hydroxylation is 2. The summed E-state index contributed by atoms with van der Waals surface area (Å²) in [6.45, 7) is 4.78. The molecule has 0 aromatic heterocycles. The number of rotatable bonds is 3. The number of carbonyl (C=O) groups excluding carboxylic acids is 4. The molecule has 232 valence electrons. The van der Waals surface area contributed by atoms with Crippen molar-refractivity contribution in [3.63, 3.8) is 0 Å². The third-order valence-electron chi connectivity index (χ3n) is 9.48. The fourth-order valence-electron chi connectivity index (χ4n) is 7.47. The topological polar surface area (TPSA) is 95.0 Å². The highest BCUT2D eigenvalue weighted by molar-refractivity contribution is 6.58. The highest BCUT2D eigenvalue weighted by Crippen LogP contribution is 2.66. The van der Waals surface area contributed by atoms with Gasteiger partial charge in [-0.1, -0.05) is 23.8 Å². The maximum Gasteiger partial charge on any atom is 0.258 e. The fraction of sp³-hybridized carbons (Fsp3) is 0.400. The van der Waals surface area contributed by atoms with Crippen molar-refractivity contribution < 1.29 is 46.2 Å². The number of alkyl halides is 2. The van der Waals surface area contributed by atoms with E-state index < -0.39 is 98.2 Å². The molecule has 3 fully saturated rings. The van der Waals surface area contributed by atoms with Gasteiger partial charge < -0.3 is 5.11 Å². The molecular weight excluding hydrogens is 634 g/mol. The third kappa shape index (κ3) is 3.55. The molecular formula is C30H23Cl2F5N2O5. The number of hydrogen-bond donors (Lipinski definition) is 1. The van der Waals surface area contributed by atoms with Crippen LogP contribution in [0.25, 0.3) is 0 Å². The van der Waals surface area contributed by atoms with Gasteiger partial charge in [-0.25, -0.2) is 26.9 Å². The third-order valence-corrected chi connectivity index (χ3v) is 10.9. The number of benzene rings is 2. The minimum Gasteiger partial charge on any atom is -0.507 e. The van der Waals surface area contributed by atoms with Crippen LogP contribution in [-0.4, -0.2) is 49.9 Å². The molecule has 2 saturated heterocycles. The average molecular weight is 657 g/mol. The lowest BCUT2D eigenvalue weighted by molar-refractivity contribution is -0.140. The molecule has 2 heterocycles. The van der Waals surface area contributed by atoms with E-state index in [-0.39, 0.29) is 29.2 Å². The number of aromatic hydroxyl groups is 1. The Balaban J connectivity index is 1.63. The maximum atomic E-state index is 15.1. The van der Waals surface area contributed by atoms with Crippen molar-refractivity contribution >= 4 is 52.5 Å². The number of phenols is 1. The molecule has 2 aromatic carbocycles. The van der Waals surface area contributed by atoms with Crippen molar-refractivity contribution in [1.82, 2.24) is 4.90 Å². The van der Waals surface area contributed by atoms with Crippen LogP contribution in [0.2, 0.25) is 0 Å². The van der Waals surface area contributed by atoms with Crippen molar-refractivity contribution in [3.05, 3.63) is 69.6 Å². The van der Waals surface area contributed by atoms with Crippen molar-refractivity contribution in [1.29, 1.82) is 0 Å². The summed E-state index contributed by atoms with van der Waals surface area (Å²) >= 11 is 14.1. The molecule has 4 aliphatic rings. The standard InChI is InChI=1S/C30H23Cl2F5N2O5/c1-4-38-25(41)14-6-5-13-15(16(14)26(38)42)9-29(31)27(43)39(23-21(36)19(34)18(33)20(35)22(23)37)28(44)30(29,32)17(13)12-7-10(2)24(40)11(3)8-12/h5,7-8,14-17,40H,4,6,9H2,1-3H3. The lowest BCUT2D eigenvalue weighted by Crippen LogP contribution is -2.60. The van der Waals surface area contributed by atoms with E-state index in [2.05, 4.69) is 0 Å². The molecule has 7 nitrogen and oxygen atoms in total.